The second-order valence-corrected chi connectivity index (χ2v) is 6.92. The fourth-order valence-electron chi connectivity index (χ4n) is 2.33. The van der Waals surface area contributed by atoms with Gasteiger partial charge in [-0.3, -0.25) is 4.21 Å². The highest BCUT2D eigenvalue weighted by Gasteiger charge is 2.16. The normalized spacial score (nSPS) is 11.4. The van der Waals surface area contributed by atoms with E-state index in [0.29, 0.717) is 11.1 Å². The molecule has 0 radical (unpaired) electrons. The van der Waals surface area contributed by atoms with E-state index in [4.69, 9.17) is 9.47 Å². The summed E-state index contributed by atoms with van der Waals surface area (Å²) in [6.07, 6.45) is 1.46. The van der Waals surface area contributed by atoms with E-state index in [0.717, 1.165) is 0 Å². The van der Waals surface area contributed by atoms with Crippen LogP contribution < -0.4 is 9.47 Å². The molecule has 3 aromatic rings. The molecule has 1 unspecified atom stereocenters. The number of ether oxygens (including phenoxy) is 2. The molecule has 5 nitrogen and oxygen atoms in total. The van der Waals surface area contributed by atoms with Crippen LogP contribution in [0.5, 0.6) is 11.5 Å². The van der Waals surface area contributed by atoms with Crippen molar-refractivity contribution >= 4 is 22.7 Å². The Kier molecular flexibility index (Phi) is 5.78. The fourth-order valence-corrected chi connectivity index (χ4v) is 3.01. The molecular weight excluding hydrogens is 364 g/mol. The molecular formula is C21H16O5S. The van der Waals surface area contributed by atoms with Crippen LogP contribution in [0.25, 0.3) is 0 Å². The average Bonchev–Trinajstić information content (AvgIpc) is 2.70. The van der Waals surface area contributed by atoms with Gasteiger partial charge in [-0.25, -0.2) is 9.59 Å². The molecule has 0 aliphatic heterocycles. The Morgan fingerprint density at radius 1 is 0.741 bits per heavy atom. The summed E-state index contributed by atoms with van der Waals surface area (Å²) in [7, 11) is -1.45. The van der Waals surface area contributed by atoms with Gasteiger partial charge in [0.25, 0.3) is 0 Å². The molecule has 0 aliphatic carbocycles. The van der Waals surface area contributed by atoms with Gasteiger partial charge in [0, 0.05) is 12.3 Å². The van der Waals surface area contributed by atoms with Gasteiger partial charge < -0.3 is 9.47 Å². The van der Waals surface area contributed by atoms with Crippen LogP contribution >= 0.6 is 0 Å². The Morgan fingerprint density at radius 3 is 1.78 bits per heavy atom. The maximum atomic E-state index is 12.2. The van der Waals surface area contributed by atoms with Crippen LogP contribution in [0.1, 0.15) is 20.7 Å². The van der Waals surface area contributed by atoms with E-state index in [1.54, 1.807) is 60.7 Å². The third kappa shape index (κ3) is 4.68. The molecule has 6 heteroatoms. The minimum absolute atomic E-state index is 0.157. The molecule has 0 aliphatic rings. The summed E-state index contributed by atoms with van der Waals surface area (Å²) in [5, 5.41) is 0. The lowest BCUT2D eigenvalue weighted by atomic mass is 10.2. The number of esters is 2. The van der Waals surface area contributed by atoms with Crippen molar-refractivity contribution in [2.24, 2.45) is 0 Å². The minimum atomic E-state index is -1.45. The predicted octanol–water partition coefficient (Wildman–Crippen LogP) is 3.86. The van der Waals surface area contributed by atoms with E-state index in [9.17, 15) is 13.8 Å². The van der Waals surface area contributed by atoms with Crippen LogP contribution in [0.2, 0.25) is 0 Å². The van der Waals surface area contributed by atoms with Gasteiger partial charge in [0.15, 0.2) is 0 Å². The first-order valence-electron chi connectivity index (χ1n) is 8.06. The molecule has 0 spiro atoms. The van der Waals surface area contributed by atoms with E-state index in [-0.39, 0.29) is 16.4 Å². The number of hydrogen-bond acceptors (Lipinski definition) is 5. The van der Waals surface area contributed by atoms with Gasteiger partial charge in [0.05, 0.1) is 26.8 Å². The zero-order valence-corrected chi connectivity index (χ0v) is 15.3. The van der Waals surface area contributed by atoms with E-state index < -0.39 is 22.7 Å². The van der Waals surface area contributed by atoms with Gasteiger partial charge in [-0.2, -0.15) is 0 Å². The monoisotopic (exact) mass is 380 g/mol. The van der Waals surface area contributed by atoms with Gasteiger partial charge in [0.2, 0.25) is 0 Å². The SMILES string of the molecule is CS(=O)c1cc(OC(=O)c2ccccc2)ccc1OC(=O)c1ccccc1. The lowest BCUT2D eigenvalue weighted by Gasteiger charge is -2.11. The highest BCUT2D eigenvalue weighted by molar-refractivity contribution is 7.84. The summed E-state index contributed by atoms with van der Waals surface area (Å²) in [6.45, 7) is 0. The van der Waals surface area contributed by atoms with Crippen molar-refractivity contribution in [3.05, 3.63) is 90.0 Å². The number of hydrogen-bond donors (Lipinski definition) is 0. The molecule has 0 N–H and O–H groups in total. The zero-order chi connectivity index (χ0) is 19.2. The lowest BCUT2D eigenvalue weighted by molar-refractivity contribution is 0.0715. The summed E-state index contributed by atoms with van der Waals surface area (Å²) >= 11 is 0. The summed E-state index contributed by atoms with van der Waals surface area (Å²) in [5.41, 5.74) is 0.779. The standard InChI is InChI=1S/C21H16O5S/c1-27(24)19-14-17(25-20(22)15-8-4-2-5-9-15)12-13-18(19)26-21(23)16-10-6-3-7-11-16/h2-14H,1H3. The van der Waals surface area contributed by atoms with E-state index in [2.05, 4.69) is 0 Å². The molecule has 0 amide bonds. The third-order valence-electron chi connectivity index (χ3n) is 3.66. The topological polar surface area (TPSA) is 69.7 Å². The Bertz CT molecular complexity index is 984. The molecule has 0 bridgehead atoms. The Morgan fingerprint density at radius 2 is 1.26 bits per heavy atom. The van der Waals surface area contributed by atoms with Crippen molar-refractivity contribution in [1.82, 2.24) is 0 Å². The molecule has 0 saturated carbocycles. The summed E-state index contributed by atoms with van der Waals surface area (Å²) in [5.74, 6) is -0.716. The number of carbonyl (C=O) groups excluding carboxylic acids is 2. The zero-order valence-electron chi connectivity index (χ0n) is 14.5. The number of rotatable bonds is 5. The maximum Gasteiger partial charge on any atom is 0.343 e. The molecule has 0 heterocycles. The van der Waals surface area contributed by atoms with Gasteiger partial charge in [0.1, 0.15) is 11.5 Å². The van der Waals surface area contributed by atoms with Crippen molar-refractivity contribution in [1.29, 1.82) is 0 Å². The largest absolute Gasteiger partial charge is 0.423 e. The van der Waals surface area contributed by atoms with Crippen molar-refractivity contribution < 1.29 is 23.3 Å². The maximum absolute atomic E-state index is 12.2. The summed E-state index contributed by atoms with van der Waals surface area (Å²) in [4.78, 5) is 24.7. The van der Waals surface area contributed by atoms with Crippen molar-refractivity contribution in [3.63, 3.8) is 0 Å². The van der Waals surface area contributed by atoms with Crippen LogP contribution in [-0.2, 0) is 10.8 Å². The molecule has 3 aromatic carbocycles. The number of carbonyl (C=O) groups is 2. The minimum Gasteiger partial charge on any atom is -0.423 e. The van der Waals surface area contributed by atoms with Crippen LogP contribution in [0.4, 0.5) is 0 Å². The number of benzene rings is 3. The second kappa shape index (κ2) is 8.42. The third-order valence-corrected chi connectivity index (χ3v) is 4.60. The molecule has 0 saturated heterocycles. The van der Waals surface area contributed by atoms with Crippen LogP contribution in [0.15, 0.2) is 83.8 Å². The van der Waals surface area contributed by atoms with Crippen LogP contribution in [0.3, 0.4) is 0 Å². The first-order chi connectivity index (χ1) is 13.0. The Balaban J connectivity index is 1.82. The second-order valence-electron chi connectivity index (χ2n) is 5.57. The molecule has 0 fully saturated rings. The van der Waals surface area contributed by atoms with Gasteiger partial charge >= 0.3 is 11.9 Å². The van der Waals surface area contributed by atoms with Gasteiger partial charge in [-0.05, 0) is 36.4 Å². The fraction of sp³-hybridized carbons (Fsp3) is 0.0476. The summed E-state index contributed by atoms with van der Waals surface area (Å²) in [6, 6.07) is 21.4. The van der Waals surface area contributed by atoms with Gasteiger partial charge in [-0.1, -0.05) is 36.4 Å². The quantitative estimate of drug-likeness (QED) is 0.497. The molecule has 136 valence electrons. The van der Waals surface area contributed by atoms with Crippen molar-refractivity contribution in [2.45, 2.75) is 4.90 Å². The Labute approximate surface area is 159 Å². The van der Waals surface area contributed by atoms with Crippen LogP contribution in [0, 0.1) is 0 Å². The lowest BCUT2D eigenvalue weighted by Crippen LogP contribution is -2.11. The van der Waals surface area contributed by atoms with E-state index >= 15 is 0 Å². The van der Waals surface area contributed by atoms with E-state index in [1.807, 2.05) is 0 Å². The first kappa shape index (κ1) is 18.5. The molecule has 0 aromatic heterocycles. The first-order valence-corrected chi connectivity index (χ1v) is 9.62. The van der Waals surface area contributed by atoms with Gasteiger partial charge in [-0.15, -0.1) is 0 Å². The molecule has 27 heavy (non-hydrogen) atoms. The Hall–Kier alpha value is -3.25. The molecule has 1 atom stereocenters. The average molecular weight is 380 g/mol. The van der Waals surface area contributed by atoms with E-state index in [1.165, 1.54) is 24.5 Å². The summed E-state index contributed by atoms with van der Waals surface area (Å²) < 4.78 is 22.8. The molecule has 3 rings (SSSR count). The van der Waals surface area contributed by atoms with Crippen molar-refractivity contribution in [2.75, 3.05) is 6.26 Å². The highest BCUT2D eigenvalue weighted by Crippen LogP contribution is 2.28. The van der Waals surface area contributed by atoms with Crippen molar-refractivity contribution in [3.8, 4) is 11.5 Å². The predicted molar refractivity (Wildman–Crippen MR) is 102 cm³/mol. The van der Waals surface area contributed by atoms with Crippen LogP contribution in [-0.4, -0.2) is 22.4 Å². The highest BCUT2D eigenvalue weighted by atomic mass is 32.2. The smallest absolute Gasteiger partial charge is 0.343 e.